The molecule has 0 aliphatic carbocycles. The highest BCUT2D eigenvalue weighted by Gasteiger charge is 2.28. The first-order valence-electron chi connectivity index (χ1n) is 10.2. The number of methoxy groups -OCH3 is 1. The molecule has 1 heterocycles. The van der Waals surface area contributed by atoms with Crippen LogP contribution in [0.5, 0.6) is 5.75 Å². The van der Waals surface area contributed by atoms with Crippen LogP contribution >= 0.6 is 0 Å². The van der Waals surface area contributed by atoms with Crippen LogP contribution in [0.4, 0.5) is 5.69 Å². The molecule has 0 unspecified atom stereocenters. The second kappa shape index (κ2) is 9.84. The molecule has 0 atom stereocenters. The van der Waals surface area contributed by atoms with E-state index in [-0.39, 0.29) is 12.3 Å². The molecule has 162 valence electrons. The molecule has 30 heavy (non-hydrogen) atoms. The van der Waals surface area contributed by atoms with Crippen LogP contribution in [-0.2, 0) is 23.0 Å². The van der Waals surface area contributed by atoms with E-state index in [4.69, 9.17) is 4.74 Å². The summed E-state index contributed by atoms with van der Waals surface area (Å²) in [4.78, 5) is 6.55. The van der Waals surface area contributed by atoms with E-state index in [0.29, 0.717) is 25.6 Å². The van der Waals surface area contributed by atoms with Crippen LogP contribution in [-0.4, -0.2) is 58.8 Å². The fourth-order valence-electron chi connectivity index (χ4n) is 3.52. The molecule has 1 aliphatic rings. The van der Waals surface area contributed by atoms with Crippen LogP contribution in [0, 0.1) is 0 Å². The van der Waals surface area contributed by atoms with E-state index in [9.17, 15) is 8.42 Å². The minimum atomic E-state index is -3.41. The summed E-state index contributed by atoms with van der Waals surface area (Å²) in [7, 11) is 0.176. The molecule has 0 radical (unpaired) electrons. The van der Waals surface area contributed by atoms with E-state index in [1.807, 2.05) is 67.4 Å². The number of rotatable bonds is 8. The summed E-state index contributed by atoms with van der Waals surface area (Å²) in [6.45, 7) is 4.06. The Morgan fingerprint density at radius 2 is 1.93 bits per heavy atom. The molecule has 1 aliphatic heterocycles. The maximum Gasteiger partial charge on any atom is 0.237 e. The number of aliphatic imine (C=N–C) groups is 1. The van der Waals surface area contributed by atoms with Crippen molar-refractivity contribution in [2.75, 3.05) is 43.8 Å². The van der Waals surface area contributed by atoms with Crippen LogP contribution in [0.15, 0.2) is 53.5 Å². The van der Waals surface area contributed by atoms with Crippen molar-refractivity contribution in [2.45, 2.75) is 19.9 Å². The fourth-order valence-corrected chi connectivity index (χ4v) is 4.91. The van der Waals surface area contributed by atoms with Crippen molar-refractivity contribution in [2.24, 2.45) is 4.99 Å². The number of nitrogens with one attached hydrogen (secondary N) is 1. The second-order valence-electron chi connectivity index (χ2n) is 7.21. The number of anilines is 1. The minimum absolute atomic E-state index is 0.0212. The molecule has 0 amide bonds. The van der Waals surface area contributed by atoms with Gasteiger partial charge < -0.3 is 15.0 Å². The first-order valence-corrected chi connectivity index (χ1v) is 11.8. The van der Waals surface area contributed by atoms with Crippen molar-refractivity contribution < 1.29 is 13.2 Å². The maximum atomic E-state index is 12.9. The van der Waals surface area contributed by atoms with Gasteiger partial charge in [-0.25, -0.2) is 8.42 Å². The SMILES string of the molecule is CCNC(=NCCS(=O)(=O)N1CCc2ccccc21)N(C)Cc1ccc(OC)cc1. The van der Waals surface area contributed by atoms with Crippen LogP contribution in [0.1, 0.15) is 18.1 Å². The summed E-state index contributed by atoms with van der Waals surface area (Å²) >= 11 is 0. The molecule has 2 aromatic rings. The molecule has 8 heteroatoms. The second-order valence-corrected chi connectivity index (χ2v) is 9.22. The zero-order valence-electron chi connectivity index (χ0n) is 17.8. The molecule has 0 saturated carbocycles. The Morgan fingerprint density at radius 1 is 1.20 bits per heavy atom. The molecule has 0 aromatic heterocycles. The summed E-state index contributed by atoms with van der Waals surface area (Å²) in [5.74, 6) is 1.48. The number of benzene rings is 2. The van der Waals surface area contributed by atoms with Crippen LogP contribution < -0.4 is 14.4 Å². The van der Waals surface area contributed by atoms with Gasteiger partial charge in [-0.15, -0.1) is 0 Å². The molecule has 2 aromatic carbocycles. The molecular weight excluding hydrogens is 400 g/mol. The third kappa shape index (κ3) is 5.24. The first-order chi connectivity index (χ1) is 14.4. The number of fused-ring (bicyclic) bond motifs is 1. The number of hydrogen-bond acceptors (Lipinski definition) is 4. The van der Waals surface area contributed by atoms with Crippen molar-refractivity contribution >= 4 is 21.7 Å². The van der Waals surface area contributed by atoms with E-state index >= 15 is 0 Å². The van der Waals surface area contributed by atoms with Gasteiger partial charge in [-0.05, 0) is 42.7 Å². The van der Waals surface area contributed by atoms with Gasteiger partial charge >= 0.3 is 0 Å². The third-order valence-corrected chi connectivity index (χ3v) is 6.82. The van der Waals surface area contributed by atoms with Gasteiger partial charge in [-0.3, -0.25) is 9.30 Å². The van der Waals surface area contributed by atoms with Crippen molar-refractivity contribution in [1.82, 2.24) is 10.2 Å². The highest BCUT2D eigenvalue weighted by atomic mass is 32.2. The lowest BCUT2D eigenvalue weighted by atomic mass is 10.2. The summed E-state index contributed by atoms with van der Waals surface area (Å²) in [6.07, 6.45) is 0.756. The van der Waals surface area contributed by atoms with Gasteiger partial charge in [0.05, 0.1) is 25.1 Å². The predicted molar refractivity (Wildman–Crippen MR) is 122 cm³/mol. The monoisotopic (exact) mass is 430 g/mol. The standard InChI is InChI=1S/C22H30N4O3S/c1-4-23-22(25(2)17-18-9-11-20(29-3)12-10-18)24-14-16-30(27,28)26-15-13-19-7-5-6-8-21(19)26/h5-12H,4,13-17H2,1-3H3,(H,23,24). The van der Waals surface area contributed by atoms with Gasteiger partial charge in [0.15, 0.2) is 5.96 Å². The van der Waals surface area contributed by atoms with Gasteiger partial charge in [0.2, 0.25) is 10.0 Å². The average Bonchev–Trinajstić information content (AvgIpc) is 3.19. The molecule has 7 nitrogen and oxygen atoms in total. The lowest BCUT2D eigenvalue weighted by Crippen LogP contribution is -2.39. The fraction of sp³-hybridized carbons (Fsp3) is 0.409. The van der Waals surface area contributed by atoms with Crippen molar-refractivity contribution in [3.63, 3.8) is 0 Å². The Bertz CT molecular complexity index is 974. The number of hydrogen-bond donors (Lipinski definition) is 1. The van der Waals surface area contributed by atoms with Crippen molar-refractivity contribution in [1.29, 1.82) is 0 Å². The predicted octanol–water partition coefficient (Wildman–Crippen LogP) is 2.49. The highest BCUT2D eigenvalue weighted by Crippen LogP contribution is 2.29. The van der Waals surface area contributed by atoms with Crippen molar-refractivity contribution in [3.05, 3.63) is 59.7 Å². The summed E-state index contributed by atoms with van der Waals surface area (Å²) in [5, 5.41) is 3.24. The Morgan fingerprint density at radius 3 is 2.63 bits per heavy atom. The van der Waals surface area contributed by atoms with E-state index < -0.39 is 10.0 Å². The summed E-state index contributed by atoms with van der Waals surface area (Å²) < 4.78 is 32.5. The lowest BCUT2D eigenvalue weighted by molar-refractivity contribution is 0.414. The van der Waals surface area contributed by atoms with E-state index in [2.05, 4.69) is 10.3 Å². The first kappa shape index (κ1) is 22.0. The number of nitrogens with zero attached hydrogens (tertiary/aromatic N) is 3. The molecule has 0 spiro atoms. The number of ether oxygens (including phenoxy) is 1. The van der Waals surface area contributed by atoms with Gasteiger partial charge in [-0.2, -0.15) is 0 Å². The highest BCUT2D eigenvalue weighted by molar-refractivity contribution is 7.92. The molecule has 0 bridgehead atoms. The third-order valence-electron chi connectivity index (χ3n) is 5.07. The zero-order chi connectivity index (χ0) is 21.6. The quantitative estimate of drug-likeness (QED) is 0.515. The van der Waals surface area contributed by atoms with Crippen LogP contribution in [0.2, 0.25) is 0 Å². The summed E-state index contributed by atoms with van der Waals surface area (Å²) in [6, 6.07) is 15.5. The minimum Gasteiger partial charge on any atom is -0.497 e. The molecular formula is C22H30N4O3S. The normalized spacial score (nSPS) is 13.8. The van der Waals surface area contributed by atoms with E-state index in [1.165, 1.54) is 4.31 Å². The van der Waals surface area contributed by atoms with Crippen LogP contribution in [0.25, 0.3) is 0 Å². The smallest absolute Gasteiger partial charge is 0.237 e. The topological polar surface area (TPSA) is 74.2 Å². The Hall–Kier alpha value is -2.74. The Labute approximate surface area is 179 Å². The zero-order valence-corrected chi connectivity index (χ0v) is 18.7. The molecule has 0 fully saturated rings. The molecule has 1 N–H and O–H groups in total. The number of para-hydroxylation sites is 1. The molecule has 0 saturated heterocycles. The number of sulfonamides is 1. The van der Waals surface area contributed by atoms with Crippen LogP contribution in [0.3, 0.4) is 0 Å². The Kier molecular flexibility index (Phi) is 7.20. The largest absolute Gasteiger partial charge is 0.497 e. The van der Waals surface area contributed by atoms with Gasteiger partial charge in [-0.1, -0.05) is 30.3 Å². The van der Waals surface area contributed by atoms with E-state index in [0.717, 1.165) is 29.0 Å². The maximum absolute atomic E-state index is 12.9. The van der Waals surface area contributed by atoms with Gasteiger partial charge in [0.1, 0.15) is 5.75 Å². The van der Waals surface area contributed by atoms with Gasteiger partial charge in [0, 0.05) is 26.7 Å². The number of guanidine groups is 1. The van der Waals surface area contributed by atoms with Gasteiger partial charge in [0.25, 0.3) is 0 Å². The van der Waals surface area contributed by atoms with E-state index in [1.54, 1.807) is 7.11 Å². The summed E-state index contributed by atoms with van der Waals surface area (Å²) in [5.41, 5.74) is 2.99. The average molecular weight is 431 g/mol. The molecule has 3 rings (SSSR count). The Balaban J connectivity index is 1.64. The lowest BCUT2D eigenvalue weighted by Gasteiger charge is -2.23. The van der Waals surface area contributed by atoms with Crippen molar-refractivity contribution in [3.8, 4) is 5.75 Å².